The highest BCUT2D eigenvalue weighted by Crippen LogP contribution is 2.40. The fourth-order valence-electron chi connectivity index (χ4n) is 3.41. The molecule has 1 saturated carbocycles. The van der Waals surface area contributed by atoms with Crippen LogP contribution in [0.2, 0.25) is 5.02 Å². The molecule has 2 unspecified atom stereocenters. The van der Waals surface area contributed by atoms with Crippen molar-refractivity contribution < 1.29 is 0 Å². The van der Waals surface area contributed by atoms with E-state index in [-0.39, 0.29) is 0 Å². The Balaban J connectivity index is 1.72. The molecule has 1 N–H and O–H groups in total. The molecule has 1 aromatic rings. The van der Waals surface area contributed by atoms with Crippen molar-refractivity contribution in [3.63, 3.8) is 0 Å². The highest BCUT2D eigenvalue weighted by atomic mass is 35.5. The van der Waals surface area contributed by atoms with E-state index < -0.39 is 0 Å². The molecular weight excluding hydrogens is 256 g/mol. The van der Waals surface area contributed by atoms with Gasteiger partial charge < -0.3 is 10.2 Å². The number of halogens is 1. The Morgan fingerprint density at radius 1 is 1.37 bits per heavy atom. The molecule has 3 heteroatoms. The van der Waals surface area contributed by atoms with Crippen LogP contribution in [-0.4, -0.2) is 18.6 Å². The minimum absolute atomic E-state index is 0.491. The molecule has 1 aromatic carbocycles. The number of hydrogen-bond donors (Lipinski definition) is 1. The average molecular weight is 279 g/mol. The summed E-state index contributed by atoms with van der Waals surface area (Å²) in [6.45, 7) is 6.39. The van der Waals surface area contributed by atoms with Gasteiger partial charge in [-0.1, -0.05) is 31.5 Å². The normalized spacial score (nSPS) is 25.6. The van der Waals surface area contributed by atoms with Crippen molar-refractivity contribution in [1.29, 1.82) is 0 Å². The van der Waals surface area contributed by atoms with Crippen LogP contribution in [0.25, 0.3) is 0 Å². The van der Waals surface area contributed by atoms with Gasteiger partial charge in [-0.05, 0) is 42.9 Å². The molecule has 0 aromatic heterocycles. The lowest BCUT2D eigenvalue weighted by molar-refractivity contribution is 0.553. The topological polar surface area (TPSA) is 15.3 Å². The van der Waals surface area contributed by atoms with Gasteiger partial charge >= 0.3 is 0 Å². The molecule has 1 aliphatic carbocycles. The minimum Gasteiger partial charge on any atom is -0.368 e. The summed E-state index contributed by atoms with van der Waals surface area (Å²) in [5, 5.41) is 4.32. The van der Waals surface area contributed by atoms with Gasteiger partial charge in [-0.2, -0.15) is 0 Å². The van der Waals surface area contributed by atoms with Crippen LogP contribution in [0.15, 0.2) is 18.2 Å². The fraction of sp³-hybridized carbons (Fsp3) is 0.625. The zero-order valence-corrected chi connectivity index (χ0v) is 12.6. The van der Waals surface area contributed by atoms with Gasteiger partial charge in [0.1, 0.15) is 0 Å². The van der Waals surface area contributed by atoms with Crippen LogP contribution in [0.1, 0.15) is 38.7 Å². The predicted octanol–water partition coefficient (Wildman–Crippen LogP) is 3.83. The Hall–Kier alpha value is -0.730. The van der Waals surface area contributed by atoms with Gasteiger partial charge in [-0.3, -0.25) is 0 Å². The van der Waals surface area contributed by atoms with E-state index in [2.05, 4.69) is 42.3 Å². The third-order valence-electron chi connectivity index (χ3n) is 4.48. The fourth-order valence-corrected chi connectivity index (χ4v) is 3.65. The first-order valence-electron chi connectivity index (χ1n) is 7.42. The first-order chi connectivity index (χ1) is 9.13. The first-order valence-corrected chi connectivity index (χ1v) is 7.79. The summed E-state index contributed by atoms with van der Waals surface area (Å²) in [6, 6.07) is 7.83. The molecule has 0 amide bonds. The van der Waals surface area contributed by atoms with Crippen LogP contribution >= 0.6 is 11.6 Å². The molecule has 0 radical (unpaired) electrons. The number of rotatable bonds is 4. The maximum Gasteiger partial charge on any atom is 0.0471 e. The lowest BCUT2D eigenvalue weighted by atomic mass is 10.1. The van der Waals surface area contributed by atoms with Crippen molar-refractivity contribution in [2.75, 3.05) is 11.4 Å². The number of anilines is 1. The molecule has 3 rings (SSSR count). The number of benzene rings is 1. The van der Waals surface area contributed by atoms with Crippen LogP contribution in [0, 0.1) is 5.92 Å². The van der Waals surface area contributed by atoms with Crippen molar-refractivity contribution in [1.82, 2.24) is 5.32 Å². The molecule has 104 valence electrons. The second-order valence-electron chi connectivity index (χ2n) is 6.30. The second-order valence-corrected chi connectivity index (χ2v) is 6.70. The third kappa shape index (κ3) is 2.75. The summed E-state index contributed by atoms with van der Waals surface area (Å²) in [7, 11) is 0. The summed E-state index contributed by atoms with van der Waals surface area (Å²) in [4.78, 5) is 2.56. The van der Waals surface area contributed by atoms with E-state index in [0.29, 0.717) is 6.04 Å². The summed E-state index contributed by atoms with van der Waals surface area (Å²) < 4.78 is 0. The van der Waals surface area contributed by atoms with E-state index in [1.807, 2.05) is 0 Å². The predicted molar refractivity (Wildman–Crippen MR) is 81.9 cm³/mol. The van der Waals surface area contributed by atoms with Crippen molar-refractivity contribution in [3.05, 3.63) is 28.8 Å². The Kier molecular flexibility index (Phi) is 3.72. The van der Waals surface area contributed by atoms with Crippen LogP contribution in [-0.2, 0) is 6.54 Å². The van der Waals surface area contributed by atoms with E-state index in [0.717, 1.165) is 23.5 Å². The molecule has 2 atom stereocenters. The van der Waals surface area contributed by atoms with Crippen LogP contribution < -0.4 is 10.2 Å². The van der Waals surface area contributed by atoms with Crippen molar-refractivity contribution in [2.45, 2.75) is 51.7 Å². The molecule has 1 saturated heterocycles. The van der Waals surface area contributed by atoms with E-state index in [4.69, 9.17) is 11.6 Å². The number of piperidine rings is 1. The maximum absolute atomic E-state index is 6.43. The molecular formula is C16H23ClN2. The van der Waals surface area contributed by atoms with Gasteiger partial charge in [0, 0.05) is 35.9 Å². The van der Waals surface area contributed by atoms with E-state index >= 15 is 0 Å². The van der Waals surface area contributed by atoms with Gasteiger partial charge in [-0.25, -0.2) is 0 Å². The number of fused-ring (bicyclic) bond motifs is 2. The van der Waals surface area contributed by atoms with Crippen molar-refractivity contribution in [3.8, 4) is 0 Å². The average Bonchev–Trinajstić information content (AvgIpc) is 2.99. The smallest absolute Gasteiger partial charge is 0.0471 e. The van der Waals surface area contributed by atoms with E-state index in [1.165, 1.54) is 37.1 Å². The van der Waals surface area contributed by atoms with Gasteiger partial charge in [0.05, 0.1) is 0 Å². The summed E-state index contributed by atoms with van der Waals surface area (Å²) in [5.74, 6) is 0.922. The Labute approximate surface area is 121 Å². The summed E-state index contributed by atoms with van der Waals surface area (Å²) >= 11 is 6.43. The van der Waals surface area contributed by atoms with Gasteiger partial charge in [0.25, 0.3) is 0 Å². The standard InChI is InChI=1S/C16H23ClN2/c1-11(2)18-9-13-4-6-15(8-16(13)17)19-10-12-3-5-14(19)7-12/h4,6,8,11-12,14,18H,3,5,7,9-10H2,1-2H3. The summed E-state index contributed by atoms with van der Waals surface area (Å²) in [6.07, 6.45) is 4.17. The van der Waals surface area contributed by atoms with Gasteiger partial charge in [0.15, 0.2) is 0 Å². The molecule has 2 nitrogen and oxygen atoms in total. The molecule has 1 aliphatic heterocycles. The van der Waals surface area contributed by atoms with E-state index in [9.17, 15) is 0 Å². The zero-order chi connectivity index (χ0) is 13.4. The maximum atomic E-state index is 6.43. The van der Waals surface area contributed by atoms with Crippen molar-refractivity contribution >= 4 is 17.3 Å². The quantitative estimate of drug-likeness (QED) is 0.901. The number of hydrogen-bond acceptors (Lipinski definition) is 2. The molecule has 0 spiro atoms. The first kappa shape index (κ1) is 13.3. The molecule has 2 aliphatic rings. The molecule has 1 heterocycles. The highest BCUT2D eigenvalue weighted by molar-refractivity contribution is 6.31. The van der Waals surface area contributed by atoms with Crippen LogP contribution in [0.3, 0.4) is 0 Å². The lowest BCUT2D eigenvalue weighted by Gasteiger charge is -2.29. The number of nitrogens with one attached hydrogen (secondary N) is 1. The Bertz CT molecular complexity index is 458. The minimum atomic E-state index is 0.491. The highest BCUT2D eigenvalue weighted by Gasteiger charge is 2.37. The molecule has 2 bridgehead atoms. The van der Waals surface area contributed by atoms with Crippen molar-refractivity contribution in [2.24, 2.45) is 5.92 Å². The SMILES string of the molecule is CC(C)NCc1ccc(N2CC3CCC2C3)cc1Cl. The van der Waals surface area contributed by atoms with E-state index in [1.54, 1.807) is 0 Å². The molecule has 2 fully saturated rings. The van der Waals surface area contributed by atoms with Gasteiger partial charge in [-0.15, -0.1) is 0 Å². The molecule has 19 heavy (non-hydrogen) atoms. The monoisotopic (exact) mass is 278 g/mol. The zero-order valence-electron chi connectivity index (χ0n) is 11.8. The summed E-state index contributed by atoms with van der Waals surface area (Å²) in [5.41, 5.74) is 2.51. The van der Waals surface area contributed by atoms with Gasteiger partial charge in [0.2, 0.25) is 0 Å². The largest absolute Gasteiger partial charge is 0.368 e. The van der Waals surface area contributed by atoms with Crippen LogP contribution in [0.5, 0.6) is 0 Å². The Morgan fingerprint density at radius 2 is 2.21 bits per heavy atom. The second kappa shape index (κ2) is 5.34. The number of nitrogens with zero attached hydrogens (tertiary/aromatic N) is 1. The lowest BCUT2D eigenvalue weighted by Crippen LogP contribution is -2.31. The van der Waals surface area contributed by atoms with Crippen LogP contribution in [0.4, 0.5) is 5.69 Å². The third-order valence-corrected chi connectivity index (χ3v) is 4.83. The Morgan fingerprint density at radius 3 is 2.79 bits per heavy atom.